The van der Waals surface area contributed by atoms with Crippen molar-refractivity contribution < 1.29 is 9.59 Å². The fraction of sp³-hybridized carbons (Fsp3) is 0.889. The summed E-state index contributed by atoms with van der Waals surface area (Å²) < 4.78 is 0. The lowest BCUT2D eigenvalue weighted by Crippen LogP contribution is -2.47. The van der Waals surface area contributed by atoms with E-state index in [0.29, 0.717) is 13.1 Å². The Morgan fingerprint density at radius 1 is 1.08 bits per heavy atom. The average molecular weight is 338 g/mol. The smallest absolute Gasteiger partial charge is 0.319 e. The monoisotopic (exact) mass is 338 g/mol. The zero-order valence-corrected chi connectivity index (χ0v) is 15.8. The molecule has 2 heterocycles. The molecule has 138 valence electrons. The van der Waals surface area contributed by atoms with Gasteiger partial charge in [-0.25, -0.2) is 4.79 Å². The van der Waals surface area contributed by atoms with E-state index >= 15 is 0 Å². The Kier molecular flexibility index (Phi) is 6.90. The number of rotatable bonds is 4. The van der Waals surface area contributed by atoms with E-state index in [2.05, 4.69) is 24.1 Å². The Morgan fingerprint density at radius 3 is 2.21 bits per heavy atom. The third-order valence-corrected chi connectivity index (χ3v) is 5.19. The van der Waals surface area contributed by atoms with E-state index < -0.39 is 0 Å². The quantitative estimate of drug-likeness (QED) is 0.845. The summed E-state index contributed by atoms with van der Waals surface area (Å²) in [7, 11) is 3.53. The van der Waals surface area contributed by atoms with Gasteiger partial charge in [0, 0.05) is 59.3 Å². The van der Waals surface area contributed by atoms with Crippen LogP contribution in [-0.4, -0.2) is 80.0 Å². The highest BCUT2D eigenvalue weighted by atomic mass is 16.2. The summed E-state index contributed by atoms with van der Waals surface area (Å²) in [5.74, 6) is 1.71. The molecule has 3 amide bonds. The van der Waals surface area contributed by atoms with E-state index in [-0.39, 0.29) is 17.9 Å². The van der Waals surface area contributed by atoms with Crippen LogP contribution < -0.4 is 5.32 Å². The third-order valence-electron chi connectivity index (χ3n) is 5.19. The number of hydrogen-bond donors (Lipinski definition) is 1. The van der Waals surface area contributed by atoms with Crippen molar-refractivity contribution >= 4 is 11.9 Å². The van der Waals surface area contributed by atoms with Gasteiger partial charge in [-0.2, -0.15) is 0 Å². The van der Waals surface area contributed by atoms with E-state index in [1.54, 1.807) is 19.0 Å². The maximum absolute atomic E-state index is 12.3. The number of amides is 3. The largest absolute Gasteiger partial charge is 0.355 e. The lowest BCUT2D eigenvalue weighted by Gasteiger charge is -2.35. The second-order valence-electron chi connectivity index (χ2n) is 7.93. The van der Waals surface area contributed by atoms with E-state index in [9.17, 15) is 9.59 Å². The Labute approximate surface area is 146 Å². The van der Waals surface area contributed by atoms with Gasteiger partial charge in [0.05, 0.1) is 0 Å². The molecule has 1 N–H and O–H groups in total. The predicted molar refractivity (Wildman–Crippen MR) is 95.8 cm³/mol. The molecule has 0 saturated carbocycles. The third kappa shape index (κ3) is 5.36. The van der Waals surface area contributed by atoms with Gasteiger partial charge in [0.2, 0.25) is 5.91 Å². The van der Waals surface area contributed by atoms with Gasteiger partial charge in [0.25, 0.3) is 0 Å². The number of hydrogen-bond acceptors (Lipinski definition) is 3. The van der Waals surface area contributed by atoms with Crippen LogP contribution in [0.4, 0.5) is 4.79 Å². The van der Waals surface area contributed by atoms with Crippen LogP contribution in [0.25, 0.3) is 0 Å². The van der Waals surface area contributed by atoms with Crippen molar-refractivity contribution in [3.05, 3.63) is 0 Å². The molecule has 2 aliphatic rings. The van der Waals surface area contributed by atoms with Crippen LogP contribution in [0.15, 0.2) is 0 Å². The molecule has 0 aromatic heterocycles. The topological polar surface area (TPSA) is 55.9 Å². The second-order valence-corrected chi connectivity index (χ2v) is 7.93. The highest BCUT2D eigenvalue weighted by Gasteiger charge is 2.28. The standard InChI is InChI=1S/C18H34N4O2/c1-14-11-15(2)13-21(12-14)10-7-19-17(23)16-5-8-22(9-6-16)18(24)20(3)4/h14-16H,5-13H2,1-4H3,(H,19,23)/t14-,15-/m1/s1. The van der Waals surface area contributed by atoms with Gasteiger partial charge in [0.15, 0.2) is 0 Å². The van der Waals surface area contributed by atoms with Gasteiger partial charge >= 0.3 is 6.03 Å². The molecular weight excluding hydrogens is 304 g/mol. The zero-order valence-electron chi connectivity index (χ0n) is 15.8. The molecule has 6 heteroatoms. The molecule has 24 heavy (non-hydrogen) atoms. The average Bonchev–Trinajstić information content (AvgIpc) is 2.53. The Hall–Kier alpha value is -1.30. The summed E-state index contributed by atoms with van der Waals surface area (Å²) >= 11 is 0. The lowest BCUT2D eigenvalue weighted by atomic mass is 9.92. The molecule has 0 bridgehead atoms. The first-order valence-corrected chi connectivity index (χ1v) is 9.33. The van der Waals surface area contributed by atoms with Crippen molar-refractivity contribution in [1.29, 1.82) is 0 Å². The molecule has 2 saturated heterocycles. The Balaban J connectivity index is 1.66. The van der Waals surface area contributed by atoms with E-state index in [1.165, 1.54) is 6.42 Å². The number of carbonyl (C=O) groups excluding carboxylic acids is 2. The molecule has 0 radical (unpaired) electrons. The molecule has 6 nitrogen and oxygen atoms in total. The molecule has 2 fully saturated rings. The van der Waals surface area contributed by atoms with Crippen LogP contribution in [0.2, 0.25) is 0 Å². The van der Waals surface area contributed by atoms with Crippen LogP contribution in [0, 0.1) is 17.8 Å². The normalized spacial score (nSPS) is 26.2. The van der Waals surface area contributed by atoms with Crippen molar-refractivity contribution in [1.82, 2.24) is 20.0 Å². The fourth-order valence-electron chi connectivity index (χ4n) is 4.07. The minimum atomic E-state index is 0.0437. The van der Waals surface area contributed by atoms with Crippen molar-refractivity contribution in [3.63, 3.8) is 0 Å². The summed E-state index contributed by atoms with van der Waals surface area (Å²) in [6.45, 7) is 9.94. The molecule has 0 unspecified atom stereocenters. The van der Waals surface area contributed by atoms with Gasteiger partial charge in [-0.1, -0.05) is 13.8 Å². The molecule has 0 aliphatic carbocycles. The van der Waals surface area contributed by atoms with Crippen LogP contribution in [0.1, 0.15) is 33.1 Å². The second kappa shape index (κ2) is 8.70. The van der Waals surface area contributed by atoms with E-state index in [4.69, 9.17) is 0 Å². The number of piperidine rings is 2. The summed E-state index contributed by atoms with van der Waals surface area (Å²) in [5.41, 5.74) is 0. The molecule has 2 atom stereocenters. The molecule has 0 aromatic carbocycles. The first-order chi connectivity index (χ1) is 11.4. The lowest BCUT2D eigenvalue weighted by molar-refractivity contribution is -0.126. The maximum Gasteiger partial charge on any atom is 0.319 e. The minimum absolute atomic E-state index is 0.0437. The summed E-state index contributed by atoms with van der Waals surface area (Å²) in [6.07, 6.45) is 2.85. The summed E-state index contributed by atoms with van der Waals surface area (Å²) in [6, 6.07) is 0.0437. The van der Waals surface area contributed by atoms with Crippen LogP contribution in [0.3, 0.4) is 0 Å². The van der Waals surface area contributed by atoms with E-state index in [0.717, 1.165) is 50.9 Å². The molecule has 2 aliphatic heterocycles. The van der Waals surface area contributed by atoms with Gasteiger partial charge in [-0.05, 0) is 31.1 Å². The van der Waals surface area contributed by atoms with Crippen LogP contribution in [-0.2, 0) is 4.79 Å². The van der Waals surface area contributed by atoms with Gasteiger partial charge < -0.3 is 20.0 Å². The number of nitrogens with one attached hydrogen (secondary N) is 1. The zero-order chi connectivity index (χ0) is 17.7. The summed E-state index contributed by atoms with van der Waals surface area (Å²) in [4.78, 5) is 30.2. The predicted octanol–water partition coefficient (Wildman–Crippen LogP) is 1.47. The Bertz CT molecular complexity index is 423. The molecular formula is C18H34N4O2. The van der Waals surface area contributed by atoms with Gasteiger partial charge in [-0.15, -0.1) is 0 Å². The number of urea groups is 1. The fourth-order valence-corrected chi connectivity index (χ4v) is 4.07. The van der Waals surface area contributed by atoms with Crippen LogP contribution >= 0.6 is 0 Å². The number of nitrogens with zero attached hydrogens (tertiary/aromatic N) is 3. The van der Waals surface area contributed by atoms with Crippen molar-refractivity contribution in [2.24, 2.45) is 17.8 Å². The Morgan fingerprint density at radius 2 is 1.67 bits per heavy atom. The van der Waals surface area contributed by atoms with Crippen molar-refractivity contribution in [3.8, 4) is 0 Å². The SMILES string of the molecule is C[C@@H]1C[C@@H](C)CN(CCNC(=O)C2CCN(C(=O)N(C)C)CC2)C1. The van der Waals surface area contributed by atoms with Gasteiger partial charge in [0.1, 0.15) is 0 Å². The number of carbonyl (C=O) groups is 2. The van der Waals surface area contributed by atoms with Crippen molar-refractivity contribution in [2.75, 3.05) is 53.4 Å². The molecule has 0 aromatic rings. The molecule has 2 rings (SSSR count). The first kappa shape index (κ1) is 19.0. The van der Waals surface area contributed by atoms with E-state index in [1.807, 2.05) is 4.90 Å². The highest BCUT2D eigenvalue weighted by molar-refractivity contribution is 5.79. The minimum Gasteiger partial charge on any atom is -0.355 e. The molecule has 0 spiro atoms. The van der Waals surface area contributed by atoms with Gasteiger partial charge in [-0.3, -0.25) is 4.79 Å². The summed E-state index contributed by atoms with van der Waals surface area (Å²) in [5, 5.41) is 3.10. The van der Waals surface area contributed by atoms with Crippen LogP contribution in [0.5, 0.6) is 0 Å². The van der Waals surface area contributed by atoms with Crippen molar-refractivity contribution in [2.45, 2.75) is 33.1 Å². The first-order valence-electron chi connectivity index (χ1n) is 9.33. The maximum atomic E-state index is 12.3. The number of likely N-dealkylation sites (tertiary alicyclic amines) is 2. The highest BCUT2D eigenvalue weighted by Crippen LogP contribution is 2.20.